The summed E-state index contributed by atoms with van der Waals surface area (Å²) in [4.78, 5) is 2.65. The Labute approximate surface area is 112 Å². The van der Waals surface area contributed by atoms with E-state index < -0.39 is 0 Å². The van der Waals surface area contributed by atoms with Crippen molar-refractivity contribution < 1.29 is 0 Å². The maximum absolute atomic E-state index is 3.63. The van der Waals surface area contributed by atoms with Gasteiger partial charge in [0, 0.05) is 37.2 Å². The molecule has 0 radical (unpaired) electrons. The van der Waals surface area contributed by atoms with Gasteiger partial charge in [0.15, 0.2) is 0 Å². The quantitative estimate of drug-likeness (QED) is 0.756. The van der Waals surface area contributed by atoms with Crippen molar-refractivity contribution in [3.63, 3.8) is 0 Å². The SMILES string of the molecule is CC(C)CN(CCC1CSCCN1)CC(C)C. The minimum absolute atomic E-state index is 0.746. The van der Waals surface area contributed by atoms with Crippen molar-refractivity contribution in [1.82, 2.24) is 10.2 Å². The Bertz CT molecular complexity index is 179. The summed E-state index contributed by atoms with van der Waals surface area (Å²) in [5.74, 6) is 4.15. The van der Waals surface area contributed by atoms with Gasteiger partial charge in [-0.2, -0.15) is 11.8 Å². The van der Waals surface area contributed by atoms with Gasteiger partial charge in [-0.3, -0.25) is 0 Å². The van der Waals surface area contributed by atoms with Crippen molar-refractivity contribution >= 4 is 11.8 Å². The number of nitrogens with one attached hydrogen (secondary N) is 1. The first-order chi connectivity index (χ1) is 8.08. The van der Waals surface area contributed by atoms with Gasteiger partial charge in [-0.05, 0) is 24.8 Å². The van der Waals surface area contributed by atoms with Gasteiger partial charge < -0.3 is 10.2 Å². The summed E-state index contributed by atoms with van der Waals surface area (Å²) in [6, 6.07) is 0.746. The summed E-state index contributed by atoms with van der Waals surface area (Å²) in [5.41, 5.74) is 0. The highest BCUT2D eigenvalue weighted by molar-refractivity contribution is 7.99. The van der Waals surface area contributed by atoms with E-state index in [1.165, 1.54) is 44.1 Å². The van der Waals surface area contributed by atoms with E-state index in [9.17, 15) is 0 Å². The molecule has 102 valence electrons. The molecule has 1 saturated heterocycles. The van der Waals surface area contributed by atoms with Crippen LogP contribution in [-0.2, 0) is 0 Å². The smallest absolute Gasteiger partial charge is 0.0170 e. The van der Waals surface area contributed by atoms with Gasteiger partial charge in [-0.1, -0.05) is 27.7 Å². The van der Waals surface area contributed by atoms with E-state index in [0.29, 0.717) is 0 Å². The molecule has 1 unspecified atom stereocenters. The Kier molecular flexibility index (Phi) is 7.56. The molecular formula is C14H30N2S. The Hall–Kier alpha value is 0.270. The van der Waals surface area contributed by atoms with Crippen LogP contribution in [0, 0.1) is 11.8 Å². The van der Waals surface area contributed by atoms with Crippen LogP contribution < -0.4 is 5.32 Å². The monoisotopic (exact) mass is 258 g/mol. The van der Waals surface area contributed by atoms with Gasteiger partial charge in [-0.25, -0.2) is 0 Å². The lowest BCUT2D eigenvalue weighted by Crippen LogP contribution is -2.41. The first kappa shape index (κ1) is 15.3. The largest absolute Gasteiger partial charge is 0.312 e. The van der Waals surface area contributed by atoms with Crippen LogP contribution in [0.3, 0.4) is 0 Å². The van der Waals surface area contributed by atoms with Gasteiger partial charge in [0.25, 0.3) is 0 Å². The molecule has 0 spiro atoms. The third-order valence-electron chi connectivity index (χ3n) is 3.04. The van der Waals surface area contributed by atoms with Crippen molar-refractivity contribution in [3.05, 3.63) is 0 Å². The molecule has 1 aliphatic heterocycles. The molecule has 1 fully saturated rings. The summed E-state index contributed by atoms with van der Waals surface area (Å²) >= 11 is 2.10. The molecule has 1 heterocycles. The second-order valence-electron chi connectivity index (χ2n) is 6.06. The highest BCUT2D eigenvalue weighted by atomic mass is 32.2. The zero-order valence-corrected chi connectivity index (χ0v) is 12.9. The van der Waals surface area contributed by atoms with Gasteiger partial charge in [0.05, 0.1) is 0 Å². The van der Waals surface area contributed by atoms with Gasteiger partial charge >= 0.3 is 0 Å². The van der Waals surface area contributed by atoms with Crippen molar-refractivity contribution in [2.75, 3.05) is 37.7 Å². The van der Waals surface area contributed by atoms with E-state index >= 15 is 0 Å². The topological polar surface area (TPSA) is 15.3 Å². The molecule has 0 aromatic rings. The van der Waals surface area contributed by atoms with Crippen LogP contribution in [0.4, 0.5) is 0 Å². The van der Waals surface area contributed by atoms with E-state index in [-0.39, 0.29) is 0 Å². The van der Waals surface area contributed by atoms with Gasteiger partial charge in [-0.15, -0.1) is 0 Å². The highest BCUT2D eigenvalue weighted by Crippen LogP contribution is 2.12. The van der Waals surface area contributed by atoms with Crippen molar-refractivity contribution in [1.29, 1.82) is 0 Å². The summed E-state index contributed by atoms with van der Waals surface area (Å²) in [6.45, 7) is 14.2. The van der Waals surface area contributed by atoms with Crippen LogP contribution in [-0.4, -0.2) is 48.6 Å². The third kappa shape index (κ3) is 7.32. The number of rotatable bonds is 7. The number of hydrogen-bond acceptors (Lipinski definition) is 3. The van der Waals surface area contributed by atoms with E-state index in [0.717, 1.165) is 17.9 Å². The summed E-state index contributed by atoms with van der Waals surface area (Å²) in [6.07, 6.45) is 1.31. The normalized spacial score (nSPS) is 21.7. The van der Waals surface area contributed by atoms with Gasteiger partial charge in [0.1, 0.15) is 0 Å². The fourth-order valence-electron chi connectivity index (χ4n) is 2.43. The van der Waals surface area contributed by atoms with Crippen LogP contribution >= 0.6 is 11.8 Å². The van der Waals surface area contributed by atoms with Crippen molar-refractivity contribution in [2.45, 2.75) is 40.2 Å². The fraction of sp³-hybridized carbons (Fsp3) is 1.00. The third-order valence-corrected chi connectivity index (χ3v) is 4.17. The molecule has 1 atom stereocenters. The van der Waals surface area contributed by atoms with Crippen LogP contribution in [0.25, 0.3) is 0 Å². The van der Waals surface area contributed by atoms with E-state index in [1.54, 1.807) is 0 Å². The van der Waals surface area contributed by atoms with Crippen LogP contribution in [0.2, 0.25) is 0 Å². The molecule has 17 heavy (non-hydrogen) atoms. The fourth-order valence-corrected chi connectivity index (χ4v) is 3.43. The number of hydrogen-bond donors (Lipinski definition) is 1. The second-order valence-corrected chi connectivity index (χ2v) is 7.21. The number of thioether (sulfide) groups is 1. The molecule has 0 aromatic carbocycles. The lowest BCUT2D eigenvalue weighted by Gasteiger charge is -2.29. The Morgan fingerprint density at radius 1 is 1.18 bits per heavy atom. The maximum Gasteiger partial charge on any atom is 0.0170 e. The predicted molar refractivity (Wildman–Crippen MR) is 79.8 cm³/mol. The summed E-state index contributed by atoms with van der Waals surface area (Å²) < 4.78 is 0. The van der Waals surface area contributed by atoms with Crippen LogP contribution in [0.5, 0.6) is 0 Å². The van der Waals surface area contributed by atoms with E-state index in [1.807, 2.05) is 0 Å². The van der Waals surface area contributed by atoms with Crippen LogP contribution in [0.1, 0.15) is 34.1 Å². The second kappa shape index (κ2) is 8.39. The Morgan fingerprint density at radius 3 is 2.29 bits per heavy atom. The molecule has 0 aromatic heterocycles. The summed E-state index contributed by atoms with van der Waals surface area (Å²) in [5, 5.41) is 3.63. The molecule has 0 aliphatic carbocycles. The molecule has 3 heteroatoms. The maximum atomic E-state index is 3.63. The Balaban J connectivity index is 2.26. The molecule has 1 aliphatic rings. The molecular weight excluding hydrogens is 228 g/mol. The zero-order valence-electron chi connectivity index (χ0n) is 12.0. The first-order valence-electron chi connectivity index (χ1n) is 7.11. The van der Waals surface area contributed by atoms with Crippen molar-refractivity contribution in [2.24, 2.45) is 11.8 Å². The summed E-state index contributed by atoms with van der Waals surface area (Å²) in [7, 11) is 0. The first-order valence-corrected chi connectivity index (χ1v) is 8.27. The number of nitrogens with zero attached hydrogens (tertiary/aromatic N) is 1. The molecule has 1 rings (SSSR count). The molecule has 0 amide bonds. The Morgan fingerprint density at radius 2 is 1.82 bits per heavy atom. The zero-order chi connectivity index (χ0) is 12.7. The average Bonchev–Trinajstić information content (AvgIpc) is 2.26. The van der Waals surface area contributed by atoms with E-state index in [2.05, 4.69) is 49.7 Å². The lowest BCUT2D eigenvalue weighted by atomic mass is 10.1. The minimum atomic E-state index is 0.746. The highest BCUT2D eigenvalue weighted by Gasteiger charge is 2.15. The predicted octanol–water partition coefficient (Wildman–Crippen LogP) is 2.70. The lowest BCUT2D eigenvalue weighted by molar-refractivity contribution is 0.210. The molecule has 2 nitrogen and oxygen atoms in total. The standard InChI is InChI=1S/C14H30N2S/c1-12(2)9-16(10-13(3)4)7-5-14-11-17-8-6-15-14/h12-15H,5-11H2,1-4H3. The van der Waals surface area contributed by atoms with Crippen LogP contribution in [0.15, 0.2) is 0 Å². The van der Waals surface area contributed by atoms with E-state index in [4.69, 9.17) is 0 Å². The van der Waals surface area contributed by atoms with Gasteiger partial charge in [0.2, 0.25) is 0 Å². The molecule has 0 bridgehead atoms. The minimum Gasteiger partial charge on any atom is -0.312 e. The molecule has 0 saturated carbocycles. The van der Waals surface area contributed by atoms with Crippen molar-refractivity contribution in [3.8, 4) is 0 Å². The average molecular weight is 258 g/mol. The molecule has 1 N–H and O–H groups in total.